The van der Waals surface area contributed by atoms with E-state index >= 15 is 0 Å². The molecule has 4 nitrogen and oxygen atoms in total. The number of halogens is 2. The highest BCUT2D eigenvalue weighted by Gasteiger charge is 2.11. The molecule has 7 heteroatoms. The van der Waals surface area contributed by atoms with E-state index in [1.165, 1.54) is 4.57 Å². The number of nitrogens with zero attached hydrogens (tertiary/aromatic N) is 1. The first-order chi connectivity index (χ1) is 10.5. The molecule has 112 valence electrons. The summed E-state index contributed by atoms with van der Waals surface area (Å²) in [5.41, 5.74) is 1.02. The number of benzene rings is 2. The van der Waals surface area contributed by atoms with E-state index in [4.69, 9.17) is 28.6 Å². The number of aromatic nitrogens is 2. The minimum Gasteiger partial charge on any atom is -0.496 e. The van der Waals surface area contributed by atoms with E-state index in [1.807, 2.05) is 0 Å². The highest BCUT2D eigenvalue weighted by atomic mass is 79.9. The Balaban J connectivity index is 2.40. The lowest BCUT2D eigenvalue weighted by Crippen LogP contribution is -2.20. The Hall–Kier alpha value is -1.63. The van der Waals surface area contributed by atoms with Crippen LogP contribution < -0.4 is 10.3 Å². The topological polar surface area (TPSA) is 47.0 Å². The van der Waals surface area contributed by atoms with Gasteiger partial charge in [0.1, 0.15) is 5.75 Å². The summed E-state index contributed by atoms with van der Waals surface area (Å²) in [4.78, 5) is 15.9. The van der Waals surface area contributed by atoms with Crippen molar-refractivity contribution >= 4 is 50.7 Å². The van der Waals surface area contributed by atoms with E-state index in [0.29, 0.717) is 32.1 Å². The third-order valence-electron chi connectivity index (χ3n) is 3.24. The van der Waals surface area contributed by atoms with Crippen molar-refractivity contribution in [3.63, 3.8) is 0 Å². The van der Waals surface area contributed by atoms with E-state index < -0.39 is 0 Å². The number of nitrogens with one attached hydrogen (secondary N) is 1. The number of rotatable bonds is 2. The number of aromatic amines is 1. The quantitative estimate of drug-likeness (QED) is 0.649. The summed E-state index contributed by atoms with van der Waals surface area (Å²) in [6.45, 7) is 0. The van der Waals surface area contributed by atoms with Gasteiger partial charge in [-0.2, -0.15) is 0 Å². The normalized spacial score (nSPS) is 10.9. The van der Waals surface area contributed by atoms with Gasteiger partial charge in [-0.25, -0.2) is 0 Å². The number of hydrogen-bond donors (Lipinski definition) is 1. The number of ether oxygens (including phenoxy) is 1. The van der Waals surface area contributed by atoms with Crippen LogP contribution in [-0.4, -0.2) is 16.7 Å². The van der Waals surface area contributed by atoms with Crippen LogP contribution in [0.1, 0.15) is 0 Å². The zero-order chi connectivity index (χ0) is 15.9. The predicted octanol–water partition coefficient (Wildman–Crippen LogP) is 4.47. The molecule has 0 radical (unpaired) electrons. The van der Waals surface area contributed by atoms with Crippen LogP contribution in [0.5, 0.6) is 5.75 Å². The molecule has 0 amide bonds. The van der Waals surface area contributed by atoms with Crippen molar-refractivity contribution < 1.29 is 4.74 Å². The Morgan fingerprint density at radius 1 is 1.32 bits per heavy atom. The van der Waals surface area contributed by atoms with Crippen LogP contribution in [-0.2, 0) is 0 Å². The van der Waals surface area contributed by atoms with Crippen LogP contribution in [0.3, 0.4) is 0 Å². The smallest absolute Gasteiger partial charge is 0.266 e. The third-order valence-corrected chi connectivity index (χ3v) is 4.38. The van der Waals surface area contributed by atoms with Gasteiger partial charge in [0.15, 0.2) is 4.77 Å². The lowest BCUT2D eigenvalue weighted by molar-refractivity contribution is 0.412. The molecule has 3 rings (SSSR count). The molecule has 0 aliphatic heterocycles. The lowest BCUT2D eigenvalue weighted by Gasteiger charge is -2.10. The van der Waals surface area contributed by atoms with Crippen molar-refractivity contribution in [1.29, 1.82) is 0 Å². The van der Waals surface area contributed by atoms with Gasteiger partial charge >= 0.3 is 0 Å². The maximum atomic E-state index is 12.8. The number of fused-ring (bicyclic) bond motifs is 1. The molecule has 0 bridgehead atoms. The Kier molecular flexibility index (Phi) is 4.08. The Morgan fingerprint density at radius 2 is 2.09 bits per heavy atom. The van der Waals surface area contributed by atoms with Crippen LogP contribution in [0.2, 0.25) is 5.02 Å². The summed E-state index contributed by atoms with van der Waals surface area (Å²) in [6.07, 6.45) is 0. The van der Waals surface area contributed by atoms with Crippen molar-refractivity contribution in [2.45, 2.75) is 0 Å². The van der Waals surface area contributed by atoms with Crippen LogP contribution in [0.25, 0.3) is 16.6 Å². The summed E-state index contributed by atoms with van der Waals surface area (Å²) >= 11 is 14.7. The molecule has 22 heavy (non-hydrogen) atoms. The molecule has 1 N–H and O–H groups in total. The third kappa shape index (κ3) is 2.58. The van der Waals surface area contributed by atoms with E-state index in [1.54, 1.807) is 43.5 Å². The Morgan fingerprint density at radius 3 is 2.77 bits per heavy atom. The highest BCUT2D eigenvalue weighted by Crippen LogP contribution is 2.28. The van der Waals surface area contributed by atoms with Crippen LogP contribution in [0.4, 0.5) is 0 Å². The fraction of sp³-hybridized carbons (Fsp3) is 0.0667. The SMILES string of the molecule is COc1cc2c(=O)n(-c3cccc(Cl)c3)c(=S)[nH]c2cc1Br. The molecule has 2 aromatic carbocycles. The van der Waals surface area contributed by atoms with E-state index in [-0.39, 0.29) is 5.56 Å². The van der Waals surface area contributed by atoms with Gasteiger partial charge in [0.2, 0.25) is 0 Å². The zero-order valence-corrected chi connectivity index (χ0v) is 14.6. The fourth-order valence-corrected chi connectivity index (χ4v) is 3.21. The van der Waals surface area contributed by atoms with E-state index in [9.17, 15) is 4.79 Å². The van der Waals surface area contributed by atoms with Gasteiger partial charge < -0.3 is 9.72 Å². The van der Waals surface area contributed by atoms with Crippen molar-refractivity contribution in [1.82, 2.24) is 9.55 Å². The number of H-pyrrole nitrogens is 1. The Labute approximate surface area is 144 Å². The van der Waals surface area contributed by atoms with Gasteiger partial charge in [-0.05, 0) is 58.5 Å². The van der Waals surface area contributed by atoms with Crippen LogP contribution >= 0.6 is 39.7 Å². The molecular weight excluding hydrogens is 388 g/mol. The fourth-order valence-electron chi connectivity index (χ4n) is 2.22. The van der Waals surface area contributed by atoms with Gasteiger partial charge in [0.05, 0.1) is 28.2 Å². The van der Waals surface area contributed by atoms with Gasteiger partial charge in [-0.1, -0.05) is 17.7 Å². The van der Waals surface area contributed by atoms with Crippen molar-refractivity contribution in [3.05, 3.63) is 61.0 Å². The standard InChI is InChI=1S/C15H10BrClN2O2S/c1-21-13-6-10-12(7-11(13)16)18-15(22)19(14(10)20)9-4-2-3-8(17)5-9/h2-7H,1H3,(H,18,22). The summed E-state index contributed by atoms with van der Waals surface area (Å²) in [5, 5.41) is 1.01. The Bertz CT molecular complexity index is 997. The molecule has 0 aliphatic rings. The number of hydrogen-bond acceptors (Lipinski definition) is 3. The molecule has 0 saturated heterocycles. The van der Waals surface area contributed by atoms with Gasteiger partial charge in [-0.15, -0.1) is 0 Å². The zero-order valence-electron chi connectivity index (χ0n) is 11.4. The summed E-state index contributed by atoms with van der Waals surface area (Å²) < 4.78 is 7.71. The summed E-state index contributed by atoms with van der Waals surface area (Å²) in [7, 11) is 1.55. The van der Waals surface area contributed by atoms with Crippen LogP contribution in [0.15, 0.2) is 45.7 Å². The van der Waals surface area contributed by atoms with E-state index in [0.717, 1.165) is 4.47 Å². The summed E-state index contributed by atoms with van der Waals surface area (Å²) in [5.74, 6) is 0.577. The molecule has 0 aliphatic carbocycles. The van der Waals surface area contributed by atoms with Gasteiger partial charge in [0, 0.05) is 5.02 Å². The molecule has 0 unspecified atom stereocenters. The first-order valence-electron chi connectivity index (χ1n) is 6.30. The molecule has 1 heterocycles. The van der Waals surface area contributed by atoms with Gasteiger partial charge in [-0.3, -0.25) is 9.36 Å². The number of methoxy groups -OCH3 is 1. The monoisotopic (exact) mass is 396 g/mol. The minimum atomic E-state index is -0.230. The second kappa shape index (κ2) is 5.87. The van der Waals surface area contributed by atoms with Crippen molar-refractivity contribution in [2.75, 3.05) is 7.11 Å². The average molecular weight is 398 g/mol. The molecular formula is C15H10BrClN2O2S. The molecule has 0 saturated carbocycles. The minimum absolute atomic E-state index is 0.230. The first kappa shape index (κ1) is 15.3. The molecule has 0 fully saturated rings. The molecule has 1 aromatic heterocycles. The summed E-state index contributed by atoms with van der Waals surface area (Å²) in [6, 6.07) is 10.4. The maximum absolute atomic E-state index is 12.8. The highest BCUT2D eigenvalue weighted by molar-refractivity contribution is 9.10. The molecule has 3 aromatic rings. The van der Waals surface area contributed by atoms with Gasteiger partial charge in [0.25, 0.3) is 5.56 Å². The van der Waals surface area contributed by atoms with E-state index in [2.05, 4.69) is 20.9 Å². The second-order valence-corrected chi connectivity index (χ2v) is 6.26. The average Bonchev–Trinajstić information content (AvgIpc) is 2.47. The second-order valence-electron chi connectivity index (χ2n) is 4.58. The first-order valence-corrected chi connectivity index (χ1v) is 7.87. The maximum Gasteiger partial charge on any atom is 0.266 e. The lowest BCUT2D eigenvalue weighted by atomic mass is 10.2. The van der Waals surface area contributed by atoms with Crippen molar-refractivity contribution in [2.24, 2.45) is 0 Å². The largest absolute Gasteiger partial charge is 0.496 e. The van der Waals surface area contributed by atoms with Crippen LogP contribution in [0, 0.1) is 4.77 Å². The molecule has 0 spiro atoms. The molecule has 0 atom stereocenters. The van der Waals surface area contributed by atoms with Crippen molar-refractivity contribution in [3.8, 4) is 11.4 Å². The predicted molar refractivity (Wildman–Crippen MR) is 94.0 cm³/mol.